The van der Waals surface area contributed by atoms with Crippen LogP contribution < -0.4 is 29.2 Å². The van der Waals surface area contributed by atoms with Gasteiger partial charge in [0.1, 0.15) is 0 Å². The van der Waals surface area contributed by atoms with E-state index in [1.54, 1.807) is 24.3 Å². The minimum atomic E-state index is -2.99. The Kier molecular flexibility index (Phi) is 5.79. The summed E-state index contributed by atoms with van der Waals surface area (Å²) in [5.41, 5.74) is 1.19. The van der Waals surface area contributed by atoms with Crippen molar-refractivity contribution < 1.29 is 37.3 Å². The third-order valence-electron chi connectivity index (χ3n) is 5.07. The highest BCUT2D eigenvalue weighted by molar-refractivity contribution is 6.00. The number of methoxy groups -OCH3 is 1. The van der Waals surface area contributed by atoms with Crippen molar-refractivity contribution in [1.82, 2.24) is 5.32 Å². The number of anilines is 1. The lowest BCUT2D eigenvalue weighted by molar-refractivity contribution is -0.126. The van der Waals surface area contributed by atoms with Crippen molar-refractivity contribution in [2.75, 3.05) is 25.3 Å². The van der Waals surface area contributed by atoms with Crippen LogP contribution in [0.3, 0.4) is 0 Å². The number of rotatable bonds is 7. The summed E-state index contributed by atoms with van der Waals surface area (Å²) >= 11 is 0. The Morgan fingerprint density at radius 2 is 2.00 bits per heavy atom. The number of hydrogen-bond donors (Lipinski definition) is 1. The summed E-state index contributed by atoms with van der Waals surface area (Å²) in [5.74, 6) is 0.206. The van der Waals surface area contributed by atoms with Crippen molar-refractivity contribution in [3.05, 3.63) is 42.0 Å². The molecule has 2 aliphatic rings. The van der Waals surface area contributed by atoms with Crippen molar-refractivity contribution >= 4 is 17.5 Å². The molecule has 2 aromatic carbocycles. The van der Waals surface area contributed by atoms with Crippen LogP contribution in [0.5, 0.6) is 23.0 Å². The normalized spacial score (nSPS) is 17.2. The largest absolute Gasteiger partial charge is 0.493 e. The predicted octanol–water partition coefficient (Wildman–Crippen LogP) is 2.69. The van der Waals surface area contributed by atoms with Gasteiger partial charge in [-0.2, -0.15) is 8.78 Å². The molecule has 2 aliphatic heterocycles. The second-order valence-electron chi connectivity index (χ2n) is 7.02. The summed E-state index contributed by atoms with van der Waals surface area (Å²) in [5, 5.41) is 2.75. The van der Waals surface area contributed by atoms with Gasteiger partial charge in [0.25, 0.3) is 0 Å². The zero-order chi connectivity index (χ0) is 22.0. The molecule has 0 saturated carbocycles. The first-order valence-corrected chi connectivity index (χ1v) is 9.54. The average molecular weight is 434 g/mol. The molecule has 2 amide bonds. The van der Waals surface area contributed by atoms with Gasteiger partial charge in [-0.3, -0.25) is 9.59 Å². The van der Waals surface area contributed by atoms with Crippen LogP contribution in [-0.2, 0) is 16.1 Å². The first-order chi connectivity index (χ1) is 14.9. The molecular weight excluding hydrogens is 414 g/mol. The van der Waals surface area contributed by atoms with E-state index in [1.807, 2.05) is 0 Å². The van der Waals surface area contributed by atoms with E-state index in [1.165, 1.54) is 24.1 Å². The molecule has 164 valence electrons. The highest BCUT2D eigenvalue weighted by Gasteiger charge is 2.35. The van der Waals surface area contributed by atoms with Gasteiger partial charge < -0.3 is 29.2 Å². The Morgan fingerprint density at radius 1 is 1.19 bits per heavy atom. The first-order valence-electron chi connectivity index (χ1n) is 9.54. The minimum Gasteiger partial charge on any atom is -0.493 e. The second-order valence-corrected chi connectivity index (χ2v) is 7.02. The summed E-state index contributed by atoms with van der Waals surface area (Å²) in [4.78, 5) is 26.6. The molecule has 1 unspecified atom stereocenters. The number of fused-ring (bicyclic) bond motifs is 1. The third-order valence-corrected chi connectivity index (χ3v) is 5.07. The third kappa shape index (κ3) is 4.47. The van der Waals surface area contributed by atoms with Gasteiger partial charge in [0, 0.05) is 31.3 Å². The molecule has 0 aliphatic carbocycles. The van der Waals surface area contributed by atoms with Crippen molar-refractivity contribution in [3.8, 4) is 23.0 Å². The number of carbonyl (C=O) groups is 2. The Bertz CT molecular complexity index is 1000. The zero-order valence-electron chi connectivity index (χ0n) is 16.6. The maximum Gasteiger partial charge on any atom is 0.387 e. The number of ether oxygens (including phenoxy) is 4. The van der Waals surface area contributed by atoms with E-state index in [0.29, 0.717) is 22.7 Å². The van der Waals surface area contributed by atoms with E-state index in [4.69, 9.17) is 14.2 Å². The summed E-state index contributed by atoms with van der Waals surface area (Å²) in [7, 11) is 1.35. The van der Waals surface area contributed by atoms with E-state index in [-0.39, 0.29) is 49.6 Å². The summed E-state index contributed by atoms with van der Waals surface area (Å²) < 4.78 is 45.2. The smallest absolute Gasteiger partial charge is 0.387 e. The van der Waals surface area contributed by atoms with Crippen LogP contribution in [0, 0.1) is 5.92 Å². The molecule has 2 heterocycles. The fraction of sp³-hybridized carbons (Fsp3) is 0.333. The van der Waals surface area contributed by atoms with Crippen molar-refractivity contribution in [3.63, 3.8) is 0 Å². The van der Waals surface area contributed by atoms with Gasteiger partial charge >= 0.3 is 6.61 Å². The number of halogens is 2. The van der Waals surface area contributed by atoms with E-state index in [0.717, 1.165) is 0 Å². The minimum absolute atomic E-state index is 0.0721. The number of alkyl halides is 2. The van der Waals surface area contributed by atoms with E-state index in [9.17, 15) is 18.4 Å². The molecule has 0 radical (unpaired) electrons. The average Bonchev–Trinajstić information content (AvgIpc) is 3.37. The van der Waals surface area contributed by atoms with Crippen LogP contribution >= 0.6 is 0 Å². The van der Waals surface area contributed by atoms with Gasteiger partial charge in [0.05, 0.1) is 13.0 Å². The number of hydrogen-bond acceptors (Lipinski definition) is 6. The Balaban J connectivity index is 1.38. The number of benzene rings is 2. The molecular formula is C21H20F2N2O6. The second kappa shape index (κ2) is 8.66. The molecule has 1 N–H and O–H groups in total. The molecule has 2 aromatic rings. The summed E-state index contributed by atoms with van der Waals surface area (Å²) in [6.45, 7) is -2.54. The maximum atomic E-state index is 12.6. The lowest BCUT2D eigenvalue weighted by Gasteiger charge is -2.17. The van der Waals surface area contributed by atoms with Crippen LogP contribution in [0.25, 0.3) is 0 Å². The Hall–Kier alpha value is -3.56. The molecule has 1 fully saturated rings. The van der Waals surface area contributed by atoms with Gasteiger partial charge in [0.2, 0.25) is 18.6 Å². The molecule has 0 bridgehead atoms. The molecule has 0 spiro atoms. The molecule has 1 saturated heterocycles. The van der Waals surface area contributed by atoms with E-state index >= 15 is 0 Å². The monoisotopic (exact) mass is 434 g/mol. The Morgan fingerprint density at radius 3 is 2.77 bits per heavy atom. The van der Waals surface area contributed by atoms with Gasteiger partial charge in [-0.15, -0.1) is 0 Å². The number of amides is 2. The van der Waals surface area contributed by atoms with Crippen molar-refractivity contribution in [2.24, 2.45) is 5.92 Å². The summed E-state index contributed by atoms with van der Waals surface area (Å²) in [6, 6.07) is 9.68. The highest BCUT2D eigenvalue weighted by atomic mass is 19.3. The van der Waals surface area contributed by atoms with Gasteiger partial charge in [-0.05, 0) is 29.8 Å². The quantitative estimate of drug-likeness (QED) is 0.721. The number of carbonyl (C=O) groups excluding carboxylic acids is 2. The van der Waals surface area contributed by atoms with Gasteiger partial charge in [0.15, 0.2) is 23.0 Å². The van der Waals surface area contributed by atoms with E-state index in [2.05, 4.69) is 10.1 Å². The fourth-order valence-electron chi connectivity index (χ4n) is 3.54. The van der Waals surface area contributed by atoms with Gasteiger partial charge in [-0.1, -0.05) is 6.07 Å². The summed E-state index contributed by atoms with van der Waals surface area (Å²) in [6.07, 6.45) is 0.0721. The molecule has 4 rings (SSSR count). The first kappa shape index (κ1) is 20.7. The molecule has 10 heteroatoms. The molecule has 0 aromatic heterocycles. The lowest BCUT2D eigenvalue weighted by Crippen LogP contribution is -2.32. The van der Waals surface area contributed by atoms with Crippen LogP contribution in [0.4, 0.5) is 14.5 Å². The van der Waals surface area contributed by atoms with Crippen LogP contribution in [0.2, 0.25) is 0 Å². The molecule has 8 nitrogen and oxygen atoms in total. The number of nitrogens with zero attached hydrogens (tertiary/aromatic N) is 1. The predicted molar refractivity (Wildman–Crippen MR) is 104 cm³/mol. The van der Waals surface area contributed by atoms with Gasteiger partial charge in [-0.25, -0.2) is 0 Å². The van der Waals surface area contributed by atoms with Crippen molar-refractivity contribution in [1.29, 1.82) is 0 Å². The topological polar surface area (TPSA) is 86.3 Å². The lowest BCUT2D eigenvalue weighted by atomic mass is 10.1. The molecule has 1 atom stereocenters. The van der Waals surface area contributed by atoms with Crippen LogP contribution in [0.15, 0.2) is 36.4 Å². The van der Waals surface area contributed by atoms with Crippen LogP contribution in [0.1, 0.15) is 12.0 Å². The molecule has 31 heavy (non-hydrogen) atoms. The highest BCUT2D eigenvalue weighted by Crippen LogP contribution is 2.37. The van der Waals surface area contributed by atoms with E-state index < -0.39 is 12.5 Å². The van der Waals surface area contributed by atoms with Crippen molar-refractivity contribution in [2.45, 2.75) is 19.6 Å². The zero-order valence-corrected chi connectivity index (χ0v) is 16.6. The maximum absolute atomic E-state index is 12.6. The number of nitrogens with one attached hydrogen (secondary N) is 1. The fourth-order valence-corrected chi connectivity index (χ4v) is 3.54. The standard InChI is InChI=1S/C21H20F2N2O6/c1-28-15-4-2-12(6-18(15)31-21(22)23)9-24-20(27)13-7-19(26)25(10-13)14-3-5-16-17(8-14)30-11-29-16/h2-6,8,13,21H,7,9-11H2,1H3,(H,24,27). The Labute approximate surface area is 176 Å². The van der Waals surface area contributed by atoms with Crippen LogP contribution in [-0.4, -0.2) is 38.9 Å². The SMILES string of the molecule is COc1ccc(CNC(=O)C2CC(=O)N(c3ccc4c(c3)OCO4)C2)cc1OC(F)F.